The zero-order chi connectivity index (χ0) is 16.2. The standard InChI is InChI=1S/C15H27N5OS/c1-12-10-22-13(18-12)9-16-14(21)17-11-15(2,3)20-7-5-19(4)6-8-20/h10H,5-9,11H2,1-4H3,(H2,16,17,21). The summed E-state index contributed by atoms with van der Waals surface area (Å²) in [7, 11) is 2.15. The van der Waals surface area contributed by atoms with Crippen LogP contribution in [0.15, 0.2) is 5.38 Å². The third-order valence-corrected chi connectivity index (χ3v) is 5.07. The Morgan fingerprint density at radius 2 is 2.00 bits per heavy atom. The number of aromatic nitrogens is 1. The summed E-state index contributed by atoms with van der Waals surface area (Å²) < 4.78 is 0. The Hall–Kier alpha value is -1.18. The molecule has 0 radical (unpaired) electrons. The van der Waals surface area contributed by atoms with Crippen LogP contribution in [0.3, 0.4) is 0 Å². The van der Waals surface area contributed by atoms with E-state index >= 15 is 0 Å². The molecule has 6 nitrogen and oxygen atoms in total. The van der Waals surface area contributed by atoms with Crippen LogP contribution in [0.1, 0.15) is 24.5 Å². The average molecular weight is 325 g/mol. The van der Waals surface area contributed by atoms with Crippen LogP contribution < -0.4 is 10.6 Å². The largest absolute Gasteiger partial charge is 0.336 e. The number of hydrogen-bond donors (Lipinski definition) is 2. The second-order valence-electron chi connectivity index (χ2n) is 6.52. The molecule has 0 aliphatic carbocycles. The van der Waals surface area contributed by atoms with Crippen molar-refractivity contribution in [3.05, 3.63) is 16.1 Å². The van der Waals surface area contributed by atoms with Gasteiger partial charge in [0.05, 0.1) is 6.54 Å². The summed E-state index contributed by atoms with van der Waals surface area (Å²) in [5, 5.41) is 8.77. The quantitative estimate of drug-likeness (QED) is 0.856. The van der Waals surface area contributed by atoms with E-state index < -0.39 is 0 Å². The molecule has 22 heavy (non-hydrogen) atoms. The highest BCUT2D eigenvalue weighted by Crippen LogP contribution is 2.15. The smallest absolute Gasteiger partial charge is 0.315 e. The molecule has 1 fully saturated rings. The SMILES string of the molecule is Cc1csc(CNC(=O)NCC(C)(C)N2CCN(C)CC2)n1. The molecule has 2 heterocycles. The van der Waals surface area contributed by atoms with Crippen LogP contribution in [0, 0.1) is 6.92 Å². The Kier molecular flexibility index (Phi) is 5.77. The fraction of sp³-hybridized carbons (Fsp3) is 0.733. The lowest BCUT2D eigenvalue weighted by molar-refractivity contribution is 0.0633. The second kappa shape index (κ2) is 7.39. The molecule has 0 aromatic carbocycles. The van der Waals surface area contributed by atoms with Crippen LogP contribution in [-0.2, 0) is 6.54 Å². The van der Waals surface area contributed by atoms with Gasteiger partial charge in [0.1, 0.15) is 5.01 Å². The molecule has 1 aromatic rings. The van der Waals surface area contributed by atoms with Gasteiger partial charge in [-0.1, -0.05) is 0 Å². The molecule has 7 heteroatoms. The zero-order valence-corrected chi connectivity index (χ0v) is 14.8. The first-order valence-electron chi connectivity index (χ1n) is 7.73. The Morgan fingerprint density at radius 3 is 2.59 bits per heavy atom. The molecule has 2 rings (SSSR count). The number of carbonyl (C=O) groups is 1. The number of carbonyl (C=O) groups excluding carboxylic acids is 1. The van der Waals surface area contributed by atoms with Gasteiger partial charge in [-0.15, -0.1) is 11.3 Å². The predicted molar refractivity (Wildman–Crippen MR) is 90.2 cm³/mol. The minimum atomic E-state index is -0.130. The van der Waals surface area contributed by atoms with E-state index in [4.69, 9.17) is 0 Å². The fourth-order valence-corrected chi connectivity index (χ4v) is 3.23. The first-order chi connectivity index (χ1) is 10.4. The average Bonchev–Trinajstić information content (AvgIpc) is 2.89. The third kappa shape index (κ3) is 4.93. The van der Waals surface area contributed by atoms with E-state index in [9.17, 15) is 4.79 Å². The number of likely N-dealkylation sites (N-methyl/N-ethyl adjacent to an activating group) is 1. The third-order valence-electron chi connectivity index (χ3n) is 4.11. The summed E-state index contributed by atoms with van der Waals surface area (Å²) in [5.74, 6) is 0. The molecular weight excluding hydrogens is 298 g/mol. The van der Waals surface area contributed by atoms with Crippen LogP contribution in [0.5, 0.6) is 0 Å². The van der Waals surface area contributed by atoms with Crippen molar-refractivity contribution >= 4 is 17.4 Å². The summed E-state index contributed by atoms with van der Waals surface area (Å²) in [6.07, 6.45) is 0. The van der Waals surface area contributed by atoms with Crippen molar-refractivity contribution in [1.29, 1.82) is 0 Å². The molecule has 2 amide bonds. The maximum absolute atomic E-state index is 11.9. The van der Waals surface area contributed by atoms with Crippen LogP contribution in [0.4, 0.5) is 4.79 Å². The van der Waals surface area contributed by atoms with Gasteiger partial charge in [0.25, 0.3) is 0 Å². The number of amides is 2. The molecule has 1 aliphatic heterocycles. The van der Waals surface area contributed by atoms with Gasteiger partial charge in [-0.25, -0.2) is 9.78 Å². The summed E-state index contributed by atoms with van der Waals surface area (Å²) in [6, 6.07) is -0.130. The zero-order valence-electron chi connectivity index (χ0n) is 14.0. The molecule has 124 valence electrons. The Morgan fingerprint density at radius 1 is 1.32 bits per heavy atom. The fourth-order valence-electron chi connectivity index (χ4n) is 2.52. The Balaban J connectivity index is 1.72. The van der Waals surface area contributed by atoms with E-state index in [0.717, 1.165) is 36.9 Å². The van der Waals surface area contributed by atoms with Crippen LogP contribution >= 0.6 is 11.3 Å². The van der Waals surface area contributed by atoms with E-state index in [1.165, 1.54) is 0 Å². The van der Waals surface area contributed by atoms with Crippen molar-refractivity contribution in [3.8, 4) is 0 Å². The number of hydrogen-bond acceptors (Lipinski definition) is 5. The van der Waals surface area contributed by atoms with Crippen LogP contribution in [-0.4, -0.2) is 66.1 Å². The van der Waals surface area contributed by atoms with Crippen molar-refractivity contribution in [2.45, 2.75) is 32.9 Å². The first kappa shape index (κ1) is 17.2. The van der Waals surface area contributed by atoms with Gasteiger partial charge in [0.2, 0.25) is 0 Å². The molecule has 1 aliphatic rings. The van der Waals surface area contributed by atoms with Gasteiger partial charge in [0, 0.05) is 49.3 Å². The summed E-state index contributed by atoms with van der Waals surface area (Å²) in [6.45, 7) is 11.7. The summed E-state index contributed by atoms with van der Waals surface area (Å²) in [4.78, 5) is 21.0. The topological polar surface area (TPSA) is 60.5 Å². The minimum Gasteiger partial charge on any atom is -0.336 e. The number of thiazole rings is 1. The number of aryl methyl sites for hydroxylation is 1. The van der Waals surface area contributed by atoms with Crippen molar-refractivity contribution < 1.29 is 4.79 Å². The van der Waals surface area contributed by atoms with Crippen molar-refractivity contribution in [2.75, 3.05) is 39.8 Å². The summed E-state index contributed by atoms with van der Waals surface area (Å²) >= 11 is 1.57. The normalized spacial score (nSPS) is 17.5. The molecule has 0 bridgehead atoms. The lowest BCUT2D eigenvalue weighted by Crippen LogP contribution is -2.58. The van der Waals surface area contributed by atoms with Gasteiger partial charge in [-0.3, -0.25) is 4.90 Å². The molecule has 0 saturated carbocycles. The second-order valence-corrected chi connectivity index (χ2v) is 7.46. The molecule has 0 unspecified atom stereocenters. The number of piperazine rings is 1. The molecule has 0 spiro atoms. The number of nitrogens with zero attached hydrogens (tertiary/aromatic N) is 3. The highest BCUT2D eigenvalue weighted by molar-refractivity contribution is 7.09. The van der Waals surface area contributed by atoms with Gasteiger partial charge in [0.15, 0.2) is 0 Å². The number of nitrogens with one attached hydrogen (secondary N) is 2. The van der Waals surface area contributed by atoms with Gasteiger partial charge in [-0.2, -0.15) is 0 Å². The van der Waals surface area contributed by atoms with E-state index in [1.807, 2.05) is 12.3 Å². The maximum atomic E-state index is 11.9. The molecular formula is C15H27N5OS. The van der Waals surface area contributed by atoms with Crippen LogP contribution in [0.25, 0.3) is 0 Å². The Labute approximate surface area is 136 Å². The molecule has 1 aromatic heterocycles. The Bertz CT molecular complexity index is 494. The summed E-state index contributed by atoms with van der Waals surface area (Å²) in [5.41, 5.74) is 0.967. The first-order valence-corrected chi connectivity index (χ1v) is 8.61. The molecule has 1 saturated heterocycles. The van der Waals surface area contributed by atoms with Crippen LogP contribution in [0.2, 0.25) is 0 Å². The lowest BCUT2D eigenvalue weighted by atomic mass is 10.0. The van der Waals surface area contributed by atoms with Crippen molar-refractivity contribution in [1.82, 2.24) is 25.4 Å². The van der Waals surface area contributed by atoms with E-state index in [-0.39, 0.29) is 11.6 Å². The highest BCUT2D eigenvalue weighted by atomic mass is 32.1. The van der Waals surface area contributed by atoms with Crippen molar-refractivity contribution in [2.24, 2.45) is 0 Å². The number of rotatable bonds is 5. The van der Waals surface area contributed by atoms with Gasteiger partial charge < -0.3 is 15.5 Å². The van der Waals surface area contributed by atoms with E-state index in [1.54, 1.807) is 11.3 Å². The molecule has 0 atom stereocenters. The van der Waals surface area contributed by atoms with Gasteiger partial charge in [-0.05, 0) is 27.8 Å². The monoisotopic (exact) mass is 325 g/mol. The highest BCUT2D eigenvalue weighted by Gasteiger charge is 2.29. The maximum Gasteiger partial charge on any atom is 0.315 e. The van der Waals surface area contributed by atoms with E-state index in [2.05, 4.69) is 46.3 Å². The minimum absolute atomic E-state index is 0.0314. The lowest BCUT2D eigenvalue weighted by Gasteiger charge is -2.43. The van der Waals surface area contributed by atoms with E-state index in [0.29, 0.717) is 13.1 Å². The van der Waals surface area contributed by atoms with Gasteiger partial charge >= 0.3 is 6.03 Å². The molecule has 2 N–H and O–H groups in total. The number of urea groups is 1. The predicted octanol–water partition coefficient (Wildman–Crippen LogP) is 1.28. The van der Waals surface area contributed by atoms with Crippen molar-refractivity contribution in [3.63, 3.8) is 0 Å².